The van der Waals surface area contributed by atoms with E-state index in [0.717, 1.165) is 11.8 Å². The van der Waals surface area contributed by atoms with E-state index in [-0.39, 0.29) is 14.9 Å². The molecule has 0 aromatic heterocycles. The Labute approximate surface area is 92.4 Å². The number of halogens is 2. The molecule has 0 aliphatic heterocycles. The summed E-state index contributed by atoms with van der Waals surface area (Å²) in [7, 11) is 9.75. The molecule has 0 nitrogen and oxygen atoms in total. The van der Waals surface area contributed by atoms with Crippen LogP contribution in [0.3, 0.4) is 0 Å². The second kappa shape index (κ2) is 8.35. The molecule has 0 N–H and O–H groups in total. The van der Waals surface area contributed by atoms with Gasteiger partial charge in [0.2, 0.25) is 0 Å². The van der Waals surface area contributed by atoms with Crippen LogP contribution < -0.4 is 0 Å². The van der Waals surface area contributed by atoms with E-state index < -0.39 is 16.5 Å². The maximum atomic E-state index is 4.88. The Bertz CT molecular complexity index is 127. The molecule has 2 bridgehead atoms. The molecule has 2 rings (SSSR count). The molecule has 0 atom stereocenters. The fourth-order valence-corrected chi connectivity index (χ4v) is 1.33. The topological polar surface area (TPSA) is 0 Å². The monoisotopic (exact) mass is 387 g/mol. The summed E-state index contributed by atoms with van der Waals surface area (Å²) in [5.41, 5.74) is 0. The van der Waals surface area contributed by atoms with E-state index in [1.165, 1.54) is 6.42 Å². The van der Waals surface area contributed by atoms with Crippen molar-refractivity contribution in [1.29, 1.82) is 0 Å². The van der Waals surface area contributed by atoms with Crippen LogP contribution >= 0.6 is 18.8 Å². The van der Waals surface area contributed by atoms with Gasteiger partial charge in [0.15, 0.2) is 0 Å². The van der Waals surface area contributed by atoms with Crippen molar-refractivity contribution in [2.24, 2.45) is 11.8 Å². The third-order valence-corrected chi connectivity index (χ3v) is 1.76. The summed E-state index contributed by atoms with van der Waals surface area (Å²) in [4.78, 5) is 0. The van der Waals surface area contributed by atoms with Crippen molar-refractivity contribution in [3.8, 4) is 0 Å². The summed E-state index contributed by atoms with van der Waals surface area (Å²) in [6.07, 6.45) is 10.5. The van der Waals surface area contributed by atoms with Crippen LogP contribution in [0.1, 0.15) is 6.42 Å². The van der Waals surface area contributed by atoms with Gasteiger partial charge in [0.05, 0.1) is 0 Å². The van der Waals surface area contributed by atoms with Crippen molar-refractivity contribution in [2.75, 3.05) is 0 Å². The molecule has 74 valence electrons. The van der Waals surface area contributed by atoms with Crippen LogP contribution in [0, 0.1) is 26.7 Å². The zero-order valence-corrected chi connectivity index (χ0v) is 11.0. The molecule has 0 saturated heterocycles. The number of fused-ring (bicyclic) bond motifs is 2. The molecule has 12 heavy (non-hydrogen) atoms. The molecule has 2 aliphatic carbocycles. The molecule has 3 heteroatoms. The normalized spacial score (nSPS) is 27.2. The fourth-order valence-electron chi connectivity index (χ4n) is 1.33. The quantitative estimate of drug-likeness (QED) is 0.434. The van der Waals surface area contributed by atoms with Crippen LogP contribution in [0.2, 0.25) is 0 Å². The van der Waals surface area contributed by atoms with Gasteiger partial charge in [-0.15, -0.1) is 0 Å². The third kappa shape index (κ3) is 4.70. The molecule has 0 fully saturated rings. The minimum atomic E-state index is -0.472. The Hall–Kier alpha value is 0.748. The first-order chi connectivity index (χ1) is 4.86. The van der Waals surface area contributed by atoms with Crippen molar-refractivity contribution in [1.82, 2.24) is 0 Å². The van der Waals surface area contributed by atoms with Gasteiger partial charge in [-0.1, -0.05) is 24.3 Å². The molecular formula is C9H14Cl2Pt. The molecule has 0 saturated carbocycles. The van der Waals surface area contributed by atoms with Crippen molar-refractivity contribution < 1.29 is 16.5 Å². The zero-order chi connectivity index (χ0) is 7.40. The first kappa shape index (κ1) is 15.2. The van der Waals surface area contributed by atoms with Crippen molar-refractivity contribution in [3.63, 3.8) is 0 Å². The van der Waals surface area contributed by atoms with E-state index >= 15 is 0 Å². The van der Waals surface area contributed by atoms with Gasteiger partial charge in [0, 0.05) is 0 Å². The van der Waals surface area contributed by atoms with E-state index in [4.69, 9.17) is 18.8 Å². The number of rotatable bonds is 0. The molecule has 0 aromatic carbocycles. The van der Waals surface area contributed by atoms with Gasteiger partial charge in [-0.25, -0.2) is 0 Å². The van der Waals surface area contributed by atoms with Gasteiger partial charge in [-0.3, -0.25) is 0 Å². The first-order valence-corrected chi connectivity index (χ1v) is 8.69. The fraction of sp³-hybridized carbons (Fsp3) is 0.333. The average Bonchev–Trinajstić information content (AvgIpc) is 2.49. The third-order valence-electron chi connectivity index (χ3n) is 1.76. The Balaban J connectivity index is 0. The van der Waals surface area contributed by atoms with E-state index in [1.54, 1.807) is 0 Å². The first-order valence-electron chi connectivity index (χ1n) is 3.06. The molecule has 0 amide bonds. The van der Waals surface area contributed by atoms with E-state index in [0.29, 0.717) is 0 Å². The average molecular weight is 388 g/mol. The summed E-state index contributed by atoms with van der Waals surface area (Å²) in [5.74, 6) is 1.62. The van der Waals surface area contributed by atoms with Crippen LogP contribution in [0.25, 0.3) is 0 Å². The Kier molecular flexibility index (Phi) is 10.6. The Morgan fingerprint density at radius 3 is 1.25 bits per heavy atom. The van der Waals surface area contributed by atoms with Gasteiger partial charge in [-0.05, 0) is 18.3 Å². The van der Waals surface area contributed by atoms with Crippen LogP contribution in [-0.2, 0) is 16.5 Å². The number of hydrogen-bond donors (Lipinski definition) is 0. The minimum absolute atomic E-state index is 0. The summed E-state index contributed by atoms with van der Waals surface area (Å²) >= 11 is -0.472. The van der Waals surface area contributed by atoms with E-state index in [1.807, 2.05) is 0 Å². The van der Waals surface area contributed by atoms with E-state index in [2.05, 4.69) is 24.3 Å². The van der Waals surface area contributed by atoms with Crippen LogP contribution in [0.5, 0.6) is 0 Å². The second-order valence-electron chi connectivity index (χ2n) is 2.38. The van der Waals surface area contributed by atoms with Crippen molar-refractivity contribution in [2.45, 2.75) is 6.42 Å². The molecule has 0 radical (unpaired) electrons. The van der Waals surface area contributed by atoms with Gasteiger partial charge in [-0.2, -0.15) is 0 Å². The molecule has 0 aromatic rings. The van der Waals surface area contributed by atoms with Gasteiger partial charge >= 0.3 is 35.3 Å². The summed E-state index contributed by atoms with van der Waals surface area (Å²) in [6, 6.07) is 0. The van der Waals surface area contributed by atoms with E-state index in [9.17, 15) is 0 Å². The van der Waals surface area contributed by atoms with Crippen molar-refractivity contribution in [3.05, 3.63) is 39.2 Å². The molecule has 2 aliphatic rings. The predicted molar refractivity (Wildman–Crippen MR) is 54.4 cm³/mol. The molecule has 0 spiro atoms. The second-order valence-corrected chi connectivity index (χ2v) is 5.66. The van der Waals surface area contributed by atoms with Crippen molar-refractivity contribution >= 4 is 18.8 Å². The standard InChI is InChI=1S/C7H8.2CH3.2ClH.Pt/c1-2-7-4-3-6(1)5-7;;;;;/h1-4,6-7H,5H2;2*1H3;2*1H;/q;2*-1;;;+4/p-2. The Morgan fingerprint density at radius 2 is 1.17 bits per heavy atom. The molecule has 0 heterocycles. The van der Waals surface area contributed by atoms with Crippen LogP contribution in [0.4, 0.5) is 0 Å². The predicted octanol–water partition coefficient (Wildman–Crippen LogP) is 4.03. The summed E-state index contributed by atoms with van der Waals surface area (Å²) in [5, 5.41) is 0. The molecular weight excluding hydrogens is 374 g/mol. The number of allylic oxidation sites excluding steroid dienone is 4. The summed E-state index contributed by atoms with van der Waals surface area (Å²) in [6.45, 7) is 0. The molecule has 0 unspecified atom stereocenters. The zero-order valence-electron chi connectivity index (χ0n) is 7.24. The SMILES string of the molecule is C1=CC2C=CC1C2.[CH3-].[CH3-].[Cl][Pt+2][Cl]. The number of hydrogen-bond acceptors (Lipinski definition) is 0. The van der Waals surface area contributed by atoms with Crippen LogP contribution in [-0.4, -0.2) is 0 Å². The van der Waals surface area contributed by atoms with Crippen LogP contribution in [0.15, 0.2) is 24.3 Å². The maximum absolute atomic E-state index is 4.88. The summed E-state index contributed by atoms with van der Waals surface area (Å²) < 4.78 is 0. The Morgan fingerprint density at radius 1 is 0.917 bits per heavy atom. The van der Waals surface area contributed by atoms with Gasteiger partial charge in [0.1, 0.15) is 0 Å². The van der Waals surface area contributed by atoms with Gasteiger partial charge in [0.25, 0.3) is 0 Å². The van der Waals surface area contributed by atoms with Gasteiger partial charge < -0.3 is 14.9 Å².